The van der Waals surface area contributed by atoms with E-state index in [0.29, 0.717) is 18.1 Å². The molecule has 0 amide bonds. The molecule has 4 unspecified atom stereocenters. The molecule has 3 nitrogen and oxygen atoms in total. The van der Waals surface area contributed by atoms with Gasteiger partial charge in [0.15, 0.2) is 0 Å². The lowest BCUT2D eigenvalue weighted by atomic mass is 9.91. The molecule has 0 spiro atoms. The van der Waals surface area contributed by atoms with Gasteiger partial charge in [0.2, 0.25) is 0 Å². The molecule has 2 aliphatic heterocycles. The van der Waals surface area contributed by atoms with Gasteiger partial charge in [0, 0.05) is 24.7 Å². The summed E-state index contributed by atoms with van der Waals surface area (Å²) in [6, 6.07) is 1.99. The minimum atomic E-state index is 0.609. The zero-order chi connectivity index (χ0) is 14.5. The first kappa shape index (κ1) is 16.3. The Morgan fingerprint density at radius 3 is 2.45 bits per heavy atom. The highest BCUT2D eigenvalue weighted by Gasteiger charge is 2.29. The molecule has 0 aliphatic carbocycles. The van der Waals surface area contributed by atoms with Gasteiger partial charge in [-0.1, -0.05) is 13.3 Å². The van der Waals surface area contributed by atoms with Gasteiger partial charge >= 0.3 is 0 Å². The van der Waals surface area contributed by atoms with Crippen LogP contribution in [0.1, 0.15) is 66.2 Å². The third-order valence-corrected chi connectivity index (χ3v) is 5.34. The van der Waals surface area contributed by atoms with Gasteiger partial charge in [0.1, 0.15) is 0 Å². The van der Waals surface area contributed by atoms with Crippen molar-refractivity contribution in [3.63, 3.8) is 0 Å². The van der Waals surface area contributed by atoms with E-state index in [2.05, 4.69) is 43.0 Å². The highest BCUT2D eigenvalue weighted by molar-refractivity contribution is 4.83. The summed E-state index contributed by atoms with van der Waals surface area (Å²) in [6.07, 6.45) is 8.14. The lowest BCUT2D eigenvalue weighted by Crippen LogP contribution is -2.57. The summed E-state index contributed by atoms with van der Waals surface area (Å²) in [5, 5.41) is 2.55. The van der Waals surface area contributed by atoms with Crippen LogP contribution < -0.4 is 5.43 Å². The Morgan fingerprint density at radius 2 is 1.80 bits per heavy atom. The molecule has 2 heterocycles. The smallest absolute Gasteiger partial charge is 0.0227 e. The van der Waals surface area contributed by atoms with E-state index in [1.807, 2.05) is 0 Å². The van der Waals surface area contributed by atoms with E-state index in [1.54, 1.807) is 0 Å². The molecule has 2 rings (SSSR count). The summed E-state index contributed by atoms with van der Waals surface area (Å²) in [6.45, 7) is 13.3. The monoisotopic (exact) mass is 281 g/mol. The number of likely N-dealkylation sites (tertiary alicyclic amines) is 1. The van der Waals surface area contributed by atoms with Gasteiger partial charge in [-0.2, -0.15) is 0 Å². The van der Waals surface area contributed by atoms with Gasteiger partial charge in [-0.25, -0.2) is 5.01 Å². The zero-order valence-electron chi connectivity index (χ0n) is 14.1. The van der Waals surface area contributed by atoms with Gasteiger partial charge in [-0.05, 0) is 71.9 Å². The van der Waals surface area contributed by atoms with Crippen molar-refractivity contribution in [3.05, 3.63) is 0 Å². The van der Waals surface area contributed by atoms with Crippen molar-refractivity contribution < 1.29 is 0 Å². The summed E-state index contributed by atoms with van der Waals surface area (Å²) in [5.74, 6) is 0.816. The summed E-state index contributed by atoms with van der Waals surface area (Å²) >= 11 is 0. The predicted molar refractivity (Wildman–Crippen MR) is 86.7 cm³/mol. The molecule has 0 aromatic heterocycles. The van der Waals surface area contributed by atoms with E-state index >= 15 is 0 Å². The van der Waals surface area contributed by atoms with Crippen molar-refractivity contribution in [2.75, 3.05) is 19.6 Å². The molecule has 0 aromatic carbocycles. The molecular weight excluding hydrogens is 246 g/mol. The summed E-state index contributed by atoms with van der Waals surface area (Å²) in [5.41, 5.74) is 3.86. The average molecular weight is 281 g/mol. The van der Waals surface area contributed by atoms with Crippen LogP contribution in [0, 0.1) is 5.92 Å². The summed E-state index contributed by atoms with van der Waals surface area (Å²) in [7, 11) is 0. The molecule has 0 radical (unpaired) electrons. The first-order valence-electron chi connectivity index (χ1n) is 8.88. The number of rotatable bonds is 5. The lowest BCUT2D eigenvalue weighted by molar-refractivity contribution is 0.0123. The molecule has 4 atom stereocenters. The van der Waals surface area contributed by atoms with E-state index in [1.165, 1.54) is 58.2 Å². The normalized spacial score (nSPS) is 35.1. The second-order valence-electron chi connectivity index (χ2n) is 7.16. The highest BCUT2D eigenvalue weighted by atomic mass is 15.5. The van der Waals surface area contributed by atoms with Crippen LogP contribution in [0.2, 0.25) is 0 Å². The van der Waals surface area contributed by atoms with E-state index in [4.69, 9.17) is 0 Å². The first-order chi connectivity index (χ1) is 9.61. The van der Waals surface area contributed by atoms with Gasteiger partial charge in [0.05, 0.1) is 0 Å². The maximum atomic E-state index is 3.86. The SMILES string of the molecule is CCCN1CCCC(C(C)NN2C(C)CCCC2C)C1. The van der Waals surface area contributed by atoms with Crippen molar-refractivity contribution in [2.24, 2.45) is 5.92 Å². The van der Waals surface area contributed by atoms with Crippen molar-refractivity contribution in [1.82, 2.24) is 15.3 Å². The fourth-order valence-electron chi connectivity index (χ4n) is 4.04. The van der Waals surface area contributed by atoms with Crippen LogP contribution in [-0.2, 0) is 0 Å². The second kappa shape index (κ2) is 7.77. The Kier molecular flexibility index (Phi) is 6.31. The van der Waals surface area contributed by atoms with E-state index in [9.17, 15) is 0 Å². The fraction of sp³-hybridized carbons (Fsp3) is 1.00. The number of nitrogens with zero attached hydrogens (tertiary/aromatic N) is 2. The van der Waals surface area contributed by atoms with E-state index in [0.717, 1.165) is 5.92 Å². The van der Waals surface area contributed by atoms with Crippen LogP contribution in [0.4, 0.5) is 0 Å². The standard InChI is InChI=1S/C17H35N3/c1-5-11-19-12-7-10-17(13-19)16(4)18-20-14(2)8-6-9-15(20)3/h14-18H,5-13H2,1-4H3. The van der Waals surface area contributed by atoms with E-state index in [-0.39, 0.29) is 0 Å². The number of hydrazine groups is 1. The lowest BCUT2D eigenvalue weighted by Gasteiger charge is -2.44. The Bertz CT molecular complexity index is 269. The van der Waals surface area contributed by atoms with Crippen LogP contribution in [0.3, 0.4) is 0 Å². The molecular formula is C17H35N3. The molecule has 118 valence electrons. The van der Waals surface area contributed by atoms with Crippen molar-refractivity contribution in [1.29, 1.82) is 0 Å². The number of hydrogen-bond acceptors (Lipinski definition) is 3. The molecule has 2 aliphatic rings. The Balaban J connectivity index is 1.85. The van der Waals surface area contributed by atoms with Gasteiger partial charge in [0.25, 0.3) is 0 Å². The topological polar surface area (TPSA) is 18.5 Å². The summed E-state index contributed by atoms with van der Waals surface area (Å²) < 4.78 is 0. The largest absolute Gasteiger partial charge is 0.303 e. The Labute approximate surface area is 126 Å². The zero-order valence-corrected chi connectivity index (χ0v) is 14.1. The minimum Gasteiger partial charge on any atom is -0.303 e. The van der Waals surface area contributed by atoms with Crippen molar-refractivity contribution in [3.8, 4) is 0 Å². The third kappa shape index (κ3) is 4.19. The third-order valence-electron chi connectivity index (χ3n) is 5.34. The minimum absolute atomic E-state index is 0.609. The molecule has 20 heavy (non-hydrogen) atoms. The van der Waals surface area contributed by atoms with Crippen LogP contribution in [0.5, 0.6) is 0 Å². The molecule has 2 saturated heterocycles. The fourth-order valence-corrected chi connectivity index (χ4v) is 4.04. The number of hydrogen-bond donors (Lipinski definition) is 1. The van der Waals surface area contributed by atoms with E-state index < -0.39 is 0 Å². The molecule has 1 N–H and O–H groups in total. The van der Waals surface area contributed by atoms with Gasteiger partial charge < -0.3 is 4.90 Å². The number of nitrogens with one attached hydrogen (secondary N) is 1. The maximum absolute atomic E-state index is 3.86. The van der Waals surface area contributed by atoms with Gasteiger partial charge in [-0.15, -0.1) is 0 Å². The predicted octanol–water partition coefficient (Wildman–Crippen LogP) is 3.26. The van der Waals surface area contributed by atoms with Crippen molar-refractivity contribution >= 4 is 0 Å². The molecule has 2 fully saturated rings. The molecule has 0 saturated carbocycles. The van der Waals surface area contributed by atoms with Crippen LogP contribution in [0.15, 0.2) is 0 Å². The van der Waals surface area contributed by atoms with Gasteiger partial charge in [-0.3, -0.25) is 5.43 Å². The number of piperidine rings is 2. The average Bonchev–Trinajstić information content (AvgIpc) is 2.43. The van der Waals surface area contributed by atoms with Crippen LogP contribution >= 0.6 is 0 Å². The second-order valence-corrected chi connectivity index (χ2v) is 7.16. The molecule has 3 heteroatoms. The first-order valence-corrected chi connectivity index (χ1v) is 8.88. The Morgan fingerprint density at radius 1 is 1.10 bits per heavy atom. The molecule has 0 aromatic rings. The van der Waals surface area contributed by atoms with Crippen LogP contribution in [-0.4, -0.2) is 47.7 Å². The summed E-state index contributed by atoms with van der Waals surface area (Å²) in [4.78, 5) is 2.66. The Hall–Kier alpha value is -0.120. The highest BCUT2D eigenvalue weighted by Crippen LogP contribution is 2.24. The van der Waals surface area contributed by atoms with Crippen molar-refractivity contribution in [2.45, 2.75) is 84.3 Å². The maximum Gasteiger partial charge on any atom is 0.0227 e. The van der Waals surface area contributed by atoms with Crippen LogP contribution in [0.25, 0.3) is 0 Å². The molecule has 0 bridgehead atoms. The quantitative estimate of drug-likeness (QED) is 0.834.